The lowest BCUT2D eigenvalue weighted by Gasteiger charge is -2.28. The fourth-order valence-corrected chi connectivity index (χ4v) is 2.52. The Morgan fingerprint density at radius 2 is 2.21 bits per heavy atom. The Morgan fingerprint density at radius 3 is 2.84 bits per heavy atom. The van der Waals surface area contributed by atoms with Gasteiger partial charge in [-0.15, -0.1) is 0 Å². The molecule has 0 bridgehead atoms. The minimum Gasteiger partial charge on any atom is -0.340 e. The summed E-state index contributed by atoms with van der Waals surface area (Å²) in [6.45, 7) is 0. The van der Waals surface area contributed by atoms with Crippen molar-refractivity contribution in [3.05, 3.63) is 45.9 Å². The van der Waals surface area contributed by atoms with Crippen molar-refractivity contribution < 1.29 is 4.79 Å². The second-order valence-electron chi connectivity index (χ2n) is 4.70. The zero-order chi connectivity index (χ0) is 13.2. The van der Waals surface area contributed by atoms with Crippen LogP contribution in [0.1, 0.15) is 35.8 Å². The summed E-state index contributed by atoms with van der Waals surface area (Å²) >= 11 is 2.19. The van der Waals surface area contributed by atoms with Gasteiger partial charge < -0.3 is 9.88 Å². The molecule has 4 nitrogen and oxygen atoms in total. The molecule has 1 fully saturated rings. The van der Waals surface area contributed by atoms with Crippen LogP contribution >= 0.6 is 22.6 Å². The number of nitrogens with zero attached hydrogens (tertiary/aromatic N) is 2. The predicted octanol–water partition coefficient (Wildman–Crippen LogP) is 3.47. The fourth-order valence-electron chi connectivity index (χ4n) is 2.20. The molecule has 0 unspecified atom stereocenters. The lowest BCUT2D eigenvalue weighted by molar-refractivity contribution is 0.101. The average Bonchev–Trinajstić information content (AvgIpc) is 2.79. The molecule has 1 aliphatic carbocycles. The van der Waals surface area contributed by atoms with Crippen molar-refractivity contribution in [2.24, 2.45) is 0 Å². The summed E-state index contributed by atoms with van der Waals surface area (Å²) in [5, 5.41) is 2.84. The Hall–Kier alpha value is -1.37. The molecule has 0 saturated heterocycles. The van der Waals surface area contributed by atoms with E-state index in [0.29, 0.717) is 17.6 Å². The van der Waals surface area contributed by atoms with Crippen molar-refractivity contribution in [3.8, 4) is 0 Å². The van der Waals surface area contributed by atoms with Gasteiger partial charge in [-0.3, -0.25) is 4.79 Å². The molecule has 1 saturated carbocycles. The van der Waals surface area contributed by atoms with Crippen LogP contribution < -0.4 is 5.32 Å². The van der Waals surface area contributed by atoms with Crippen LogP contribution in [0.15, 0.2) is 36.7 Å². The molecule has 1 N–H and O–H groups in total. The van der Waals surface area contributed by atoms with E-state index in [-0.39, 0.29) is 5.91 Å². The molecule has 0 spiro atoms. The van der Waals surface area contributed by atoms with Crippen molar-refractivity contribution in [1.29, 1.82) is 0 Å². The molecular weight excluding hydrogens is 353 g/mol. The molecule has 1 aliphatic rings. The Balaban J connectivity index is 1.76. The highest BCUT2D eigenvalue weighted by atomic mass is 127. The minimum absolute atomic E-state index is 0.0920. The first-order valence-electron chi connectivity index (χ1n) is 6.34. The van der Waals surface area contributed by atoms with E-state index in [1.54, 1.807) is 6.20 Å². The molecule has 19 heavy (non-hydrogen) atoms. The third-order valence-corrected chi connectivity index (χ3v) is 4.09. The second kappa shape index (κ2) is 5.32. The lowest BCUT2D eigenvalue weighted by atomic mass is 9.93. The van der Waals surface area contributed by atoms with Gasteiger partial charge in [0.1, 0.15) is 11.5 Å². The molecular formula is C14H14IN3O. The molecule has 98 valence electrons. The Morgan fingerprint density at radius 1 is 1.37 bits per heavy atom. The van der Waals surface area contributed by atoms with Gasteiger partial charge in [0.15, 0.2) is 0 Å². The molecule has 5 heteroatoms. The molecule has 0 radical (unpaired) electrons. The van der Waals surface area contributed by atoms with E-state index in [4.69, 9.17) is 0 Å². The highest BCUT2D eigenvalue weighted by molar-refractivity contribution is 14.1. The molecule has 3 rings (SSSR count). The largest absolute Gasteiger partial charge is 0.340 e. The van der Waals surface area contributed by atoms with Crippen molar-refractivity contribution in [3.63, 3.8) is 0 Å². The zero-order valence-corrected chi connectivity index (χ0v) is 12.5. The molecule has 0 aliphatic heterocycles. The number of halogens is 1. The first-order chi connectivity index (χ1) is 9.24. The quantitative estimate of drug-likeness (QED) is 0.845. The molecule has 1 amide bonds. The maximum absolute atomic E-state index is 12.3. The van der Waals surface area contributed by atoms with Gasteiger partial charge in [0.2, 0.25) is 0 Å². The number of aromatic nitrogens is 2. The van der Waals surface area contributed by atoms with Crippen LogP contribution in [0, 0.1) is 3.57 Å². The van der Waals surface area contributed by atoms with E-state index in [1.165, 1.54) is 6.42 Å². The smallest absolute Gasteiger partial charge is 0.273 e. The van der Waals surface area contributed by atoms with Crippen LogP contribution in [-0.2, 0) is 0 Å². The standard InChI is InChI=1S/C14H14IN3O/c15-10-6-7-13(16-9-10)17-14(19)12-5-2-8-18(12)11-3-1-4-11/h2,5-9,11H,1,3-4H2,(H,16,17,19). The minimum atomic E-state index is -0.0920. The molecule has 0 atom stereocenters. The van der Waals surface area contributed by atoms with E-state index < -0.39 is 0 Å². The van der Waals surface area contributed by atoms with E-state index in [1.807, 2.05) is 30.5 Å². The topological polar surface area (TPSA) is 46.9 Å². The third-order valence-electron chi connectivity index (χ3n) is 3.45. The summed E-state index contributed by atoms with van der Waals surface area (Å²) in [7, 11) is 0. The van der Waals surface area contributed by atoms with E-state index in [0.717, 1.165) is 16.4 Å². The van der Waals surface area contributed by atoms with E-state index in [9.17, 15) is 4.79 Å². The van der Waals surface area contributed by atoms with Crippen LogP contribution in [0.3, 0.4) is 0 Å². The normalized spacial score (nSPS) is 15.0. The van der Waals surface area contributed by atoms with Gasteiger partial charge in [-0.25, -0.2) is 4.98 Å². The van der Waals surface area contributed by atoms with Gasteiger partial charge in [-0.1, -0.05) is 0 Å². The van der Waals surface area contributed by atoms with Crippen molar-refractivity contribution in [2.45, 2.75) is 25.3 Å². The van der Waals surface area contributed by atoms with Gasteiger partial charge in [0.25, 0.3) is 5.91 Å². The third kappa shape index (κ3) is 2.65. The highest BCUT2D eigenvalue weighted by Crippen LogP contribution is 2.32. The molecule has 2 heterocycles. The van der Waals surface area contributed by atoms with Gasteiger partial charge >= 0.3 is 0 Å². The summed E-state index contributed by atoms with van der Waals surface area (Å²) in [6.07, 6.45) is 7.30. The summed E-state index contributed by atoms with van der Waals surface area (Å²) in [4.78, 5) is 16.4. The van der Waals surface area contributed by atoms with E-state index >= 15 is 0 Å². The summed E-state index contributed by atoms with van der Waals surface area (Å²) in [5.74, 6) is 0.498. The molecule has 2 aromatic rings. The summed E-state index contributed by atoms with van der Waals surface area (Å²) in [5.41, 5.74) is 0.713. The van der Waals surface area contributed by atoms with Crippen LogP contribution in [-0.4, -0.2) is 15.5 Å². The Labute approximate surface area is 125 Å². The number of anilines is 1. The van der Waals surface area contributed by atoms with Crippen LogP contribution in [0.2, 0.25) is 0 Å². The highest BCUT2D eigenvalue weighted by Gasteiger charge is 2.23. The number of rotatable bonds is 3. The number of amides is 1. The fraction of sp³-hybridized carbons (Fsp3) is 0.286. The molecule has 2 aromatic heterocycles. The Kier molecular flexibility index (Phi) is 3.54. The predicted molar refractivity (Wildman–Crippen MR) is 82.2 cm³/mol. The maximum Gasteiger partial charge on any atom is 0.273 e. The number of carbonyl (C=O) groups excluding carboxylic acids is 1. The first kappa shape index (κ1) is 12.7. The van der Waals surface area contributed by atoms with Gasteiger partial charge in [0, 0.05) is 22.0 Å². The monoisotopic (exact) mass is 367 g/mol. The van der Waals surface area contributed by atoms with E-state index in [2.05, 4.69) is 37.5 Å². The number of hydrogen-bond donors (Lipinski definition) is 1. The lowest BCUT2D eigenvalue weighted by Crippen LogP contribution is -2.23. The van der Waals surface area contributed by atoms with Crippen molar-refractivity contribution in [2.75, 3.05) is 5.32 Å². The number of nitrogens with one attached hydrogen (secondary N) is 1. The number of pyridine rings is 1. The molecule has 0 aromatic carbocycles. The number of hydrogen-bond acceptors (Lipinski definition) is 2. The van der Waals surface area contributed by atoms with Gasteiger partial charge in [0.05, 0.1) is 0 Å². The number of carbonyl (C=O) groups is 1. The SMILES string of the molecule is O=C(Nc1ccc(I)cn1)c1cccn1C1CCC1. The summed E-state index contributed by atoms with van der Waals surface area (Å²) in [6, 6.07) is 8.01. The van der Waals surface area contributed by atoms with Crippen molar-refractivity contribution in [1.82, 2.24) is 9.55 Å². The average molecular weight is 367 g/mol. The Bertz CT molecular complexity index is 587. The van der Waals surface area contributed by atoms with Gasteiger partial charge in [-0.2, -0.15) is 0 Å². The maximum atomic E-state index is 12.3. The van der Waals surface area contributed by atoms with Crippen LogP contribution in [0.25, 0.3) is 0 Å². The second-order valence-corrected chi connectivity index (χ2v) is 5.95. The van der Waals surface area contributed by atoms with Crippen LogP contribution in [0.5, 0.6) is 0 Å². The van der Waals surface area contributed by atoms with Crippen LogP contribution in [0.4, 0.5) is 5.82 Å². The van der Waals surface area contributed by atoms with Gasteiger partial charge in [-0.05, 0) is 66.1 Å². The first-order valence-corrected chi connectivity index (χ1v) is 7.41. The van der Waals surface area contributed by atoms with Crippen molar-refractivity contribution >= 4 is 34.3 Å². The summed E-state index contributed by atoms with van der Waals surface area (Å²) < 4.78 is 3.12. The zero-order valence-electron chi connectivity index (χ0n) is 10.3.